The van der Waals surface area contributed by atoms with E-state index in [0.717, 1.165) is 26.1 Å². The third-order valence-electron chi connectivity index (χ3n) is 3.54. The summed E-state index contributed by atoms with van der Waals surface area (Å²) in [5, 5.41) is 0. The molecule has 0 N–H and O–H groups in total. The van der Waals surface area contributed by atoms with Crippen LogP contribution in [-0.4, -0.2) is 37.6 Å². The molecule has 0 aromatic heterocycles. The maximum Gasteiger partial charge on any atom is 0.0865 e. The maximum absolute atomic E-state index is 6.03. The average molecular weight is 198 g/mol. The first-order chi connectivity index (χ1) is 6.92. The van der Waals surface area contributed by atoms with E-state index in [-0.39, 0.29) is 0 Å². The smallest absolute Gasteiger partial charge is 0.0865 e. The fourth-order valence-electron chi connectivity index (χ4n) is 2.68. The van der Waals surface area contributed by atoms with Gasteiger partial charge in [-0.15, -0.1) is 0 Å². The number of ether oxygens (including phenoxy) is 3. The summed E-state index contributed by atoms with van der Waals surface area (Å²) >= 11 is 0. The molecule has 3 heteroatoms. The van der Waals surface area contributed by atoms with Crippen molar-refractivity contribution in [2.75, 3.05) is 13.2 Å². The summed E-state index contributed by atoms with van der Waals surface area (Å²) < 4.78 is 17.1. The summed E-state index contributed by atoms with van der Waals surface area (Å²) in [4.78, 5) is 0. The topological polar surface area (TPSA) is 27.7 Å². The largest absolute Gasteiger partial charge is 0.379 e. The zero-order valence-corrected chi connectivity index (χ0v) is 8.48. The van der Waals surface area contributed by atoms with Crippen LogP contribution in [0.2, 0.25) is 0 Å². The highest BCUT2D eigenvalue weighted by Crippen LogP contribution is 2.37. The zero-order valence-electron chi connectivity index (χ0n) is 8.48. The van der Waals surface area contributed by atoms with Crippen LogP contribution < -0.4 is 0 Å². The third-order valence-corrected chi connectivity index (χ3v) is 3.54. The summed E-state index contributed by atoms with van der Waals surface area (Å²) in [7, 11) is 0. The molecule has 4 rings (SSSR count). The molecule has 0 amide bonds. The minimum Gasteiger partial charge on any atom is -0.379 e. The van der Waals surface area contributed by atoms with Gasteiger partial charge in [0.2, 0.25) is 0 Å². The van der Waals surface area contributed by atoms with E-state index in [1.807, 2.05) is 0 Å². The highest BCUT2D eigenvalue weighted by molar-refractivity contribution is 4.91. The van der Waals surface area contributed by atoms with Crippen LogP contribution in [0.4, 0.5) is 0 Å². The molecule has 0 aromatic rings. The Morgan fingerprint density at radius 3 is 2.71 bits per heavy atom. The molecule has 0 spiro atoms. The molecule has 1 saturated carbocycles. The first-order valence-electron chi connectivity index (χ1n) is 5.80. The van der Waals surface area contributed by atoms with Gasteiger partial charge in [0.15, 0.2) is 0 Å². The molecular formula is C11H18O3. The van der Waals surface area contributed by atoms with Crippen LogP contribution in [0.5, 0.6) is 0 Å². The standard InChI is InChI=1S/C11H18O3/c1-2-9(7-12-5-1)14-10-4-3-8-6-11(10)13-8/h8-11H,1-7H2. The van der Waals surface area contributed by atoms with Gasteiger partial charge in [-0.05, 0) is 25.7 Å². The molecule has 4 aliphatic rings. The Morgan fingerprint density at radius 2 is 2.07 bits per heavy atom. The van der Waals surface area contributed by atoms with Crippen molar-refractivity contribution in [2.24, 2.45) is 0 Å². The zero-order chi connectivity index (χ0) is 9.38. The lowest BCUT2D eigenvalue weighted by atomic mass is 9.86. The predicted octanol–water partition coefficient (Wildman–Crippen LogP) is 1.50. The van der Waals surface area contributed by atoms with Crippen LogP contribution in [0.15, 0.2) is 0 Å². The fraction of sp³-hybridized carbons (Fsp3) is 1.00. The van der Waals surface area contributed by atoms with Gasteiger partial charge in [-0.2, -0.15) is 0 Å². The van der Waals surface area contributed by atoms with Crippen molar-refractivity contribution in [3.8, 4) is 0 Å². The number of hydrogen-bond donors (Lipinski definition) is 0. The van der Waals surface area contributed by atoms with E-state index in [4.69, 9.17) is 14.2 Å². The minimum atomic E-state index is 0.328. The van der Waals surface area contributed by atoms with E-state index in [1.165, 1.54) is 19.3 Å². The van der Waals surface area contributed by atoms with E-state index in [1.54, 1.807) is 0 Å². The highest BCUT2D eigenvalue weighted by Gasteiger charge is 2.42. The third kappa shape index (κ3) is 1.69. The van der Waals surface area contributed by atoms with Crippen molar-refractivity contribution in [3.05, 3.63) is 0 Å². The monoisotopic (exact) mass is 198 g/mol. The molecule has 3 heterocycles. The summed E-state index contributed by atoms with van der Waals surface area (Å²) in [6.45, 7) is 1.69. The van der Waals surface area contributed by atoms with E-state index >= 15 is 0 Å². The highest BCUT2D eigenvalue weighted by atomic mass is 16.6. The lowest BCUT2D eigenvalue weighted by Gasteiger charge is -2.47. The normalized spacial score (nSPS) is 47.1. The molecule has 4 fully saturated rings. The molecular weight excluding hydrogens is 180 g/mol. The number of rotatable bonds is 2. The molecule has 2 bridgehead atoms. The van der Waals surface area contributed by atoms with E-state index < -0.39 is 0 Å². The molecule has 14 heavy (non-hydrogen) atoms. The van der Waals surface area contributed by atoms with Gasteiger partial charge >= 0.3 is 0 Å². The first-order valence-corrected chi connectivity index (χ1v) is 5.80. The Morgan fingerprint density at radius 1 is 1.14 bits per heavy atom. The van der Waals surface area contributed by atoms with Gasteiger partial charge in [0, 0.05) is 13.0 Å². The maximum atomic E-state index is 6.03. The summed E-state index contributed by atoms with van der Waals surface area (Å²) in [6, 6.07) is 0. The Hall–Kier alpha value is -0.120. The Kier molecular flexibility index (Phi) is 2.48. The van der Waals surface area contributed by atoms with Crippen LogP contribution in [-0.2, 0) is 14.2 Å². The molecule has 0 radical (unpaired) electrons. The second kappa shape index (κ2) is 3.80. The van der Waals surface area contributed by atoms with Gasteiger partial charge in [-0.1, -0.05) is 0 Å². The average Bonchev–Trinajstić information content (AvgIpc) is 2.18. The van der Waals surface area contributed by atoms with Gasteiger partial charge in [-0.3, -0.25) is 0 Å². The molecule has 3 aliphatic heterocycles. The molecule has 4 atom stereocenters. The van der Waals surface area contributed by atoms with Crippen molar-refractivity contribution >= 4 is 0 Å². The molecule has 0 aromatic carbocycles. The van der Waals surface area contributed by atoms with Crippen molar-refractivity contribution in [1.29, 1.82) is 0 Å². The Labute approximate surface area is 84.7 Å². The summed E-state index contributed by atoms with van der Waals surface area (Å²) in [5.74, 6) is 0. The van der Waals surface area contributed by atoms with Crippen LogP contribution >= 0.6 is 0 Å². The fourth-order valence-corrected chi connectivity index (χ4v) is 2.68. The van der Waals surface area contributed by atoms with Gasteiger partial charge in [0.25, 0.3) is 0 Å². The Bertz CT molecular complexity index is 192. The van der Waals surface area contributed by atoms with E-state index in [2.05, 4.69) is 0 Å². The number of fused-ring (bicyclic) bond motifs is 2. The number of hydrogen-bond acceptors (Lipinski definition) is 3. The van der Waals surface area contributed by atoms with Crippen molar-refractivity contribution < 1.29 is 14.2 Å². The van der Waals surface area contributed by atoms with Crippen molar-refractivity contribution in [1.82, 2.24) is 0 Å². The van der Waals surface area contributed by atoms with E-state index in [9.17, 15) is 0 Å². The lowest BCUT2D eigenvalue weighted by Crippen LogP contribution is -2.52. The quantitative estimate of drug-likeness (QED) is 0.673. The molecule has 3 nitrogen and oxygen atoms in total. The molecule has 4 unspecified atom stereocenters. The van der Waals surface area contributed by atoms with Crippen LogP contribution in [0, 0.1) is 0 Å². The summed E-state index contributed by atoms with van der Waals surface area (Å²) in [5.41, 5.74) is 0. The molecule has 3 saturated heterocycles. The van der Waals surface area contributed by atoms with Crippen molar-refractivity contribution in [2.45, 2.75) is 56.5 Å². The van der Waals surface area contributed by atoms with Crippen LogP contribution in [0.25, 0.3) is 0 Å². The molecule has 80 valence electrons. The van der Waals surface area contributed by atoms with Gasteiger partial charge in [0.05, 0.1) is 31.0 Å². The predicted molar refractivity (Wildman–Crippen MR) is 51.2 cm³/mol. The van der Waals surface area contributed by atoms with Gasteiger partial charge in [-0.25, -0.2) is 0 Å². The van der Waals surface area contributed by atoms with Crippen molar-refractivity contribution in [3.63, 3.8) is 0 Å². The Balaban J connectivity index is 1.50. The van der Waals surface area contributed by atoms with Gasteiger partial charge < -0.3 is 14.2 Å². The second-order valence-electron chi connectivity index (χ2n) is 4.62. The lowest BCUT2D eigenvalue weighted by molar-refractivity contribution is -0.237. The van der Waals surface area contributed by atoms with Crippen LogP contribution in [0.3, 0.4) is 0 Å². The SMILES string of the molecule is C1COCC(OC2CCC3CC2O3)C1. The molecule has 1 aliphatic carbocycles. The summed E-state index contributed by atoms with van der Waals surface area (Å²) in [6.07, 6.45) is 7.54. The van der Waals surface area contributed by atoms with Gasteiger partial charge in [0.1, 0.15) is 0 Å². The second-order valence-corrected chi connectivity index (χ2v) is 4.62. The minimum absolute atomic E-state index is 0.328. The van der Waals surface area contributed by atoms with Crippen LogP contribution in [0.1, 0.15) is 32.1 Å². The van der Waals surface area contributed by atoms with E-state index in [0.29, 0.717) is 24.4 Å². The first kappa shape index (κ1) is 9.13.